The number of amides is 1. The summed E-state index contributed by atoms with van der Waals surface area (Å²) in [5, 5.41) is 16.7. The van der Waals surface area contributed by atoms with Crippen molar-refractivity contribution in [1.82, 2.24) is 25.1 Å². The second-order valence-corrected chi connectivity index (χ2v) is 7.16. The number of rotatable bonds is 7. The lowest BCUT2D eigenvalue weighted by Crippen LogP contribution is -2.27. The van der Waals surface area contributed by atoms with Crippen LogP contribution in [0.1, 0.15) is 12.8 Å². The maximum atomic E-state index is 11.9. The number of carbonyl (C=O) groups is 1. The van der Waals surface area contributed by atoms with E-state index in [1.54, 1.807) is 18.7 Å². The molecule has 27 heavy (non-hydrogen) atoms. The van der Waals surface area contributed by atoms with Gasteiger partial charge in [-0.15, -0.1) is 10.2 Å². The lowest BCUT2D eigenvalue weighted by atomic mass is 10.2. The monoisotopic (exact) mass is 385 g/mol. The van der Waals surface area contributed by atoms with E-state index in [2.05, 4.69) is 20.6 Å². The Morgan fingerprint density at radius 2 is 2.00 bits per heavy atom. The van der Waals surface area contributed by atoms with Gasteiger partial charge < -0.3 is 14.8 Å². The number of benzene rings is 1. The van der Waals surface area contributed by atoms with Crippen molar-refractivity contribution in [1.29, 1.82) is 0 Å². The van der Waals surface area contributed by atoms with E-state index in [-0.39, 0.29) is 5.91 Å². The predicted molar refractivity (Wildman–Crippen MR) is 101 cm³/mol. The van der Waals surface area contributed by atoms with Gasteiger partial charge in [-0.05, 0) is 43.2 Å². The molecule has 1 N–H and O–H groups in total. The molecule has 1 amide bonds. The molecule has 0 aliphatic heterocycles. The first-order valence-corrected chi connectivity index (χ1v) is 9.53. The third-order valence-electron chi connectivity index (χ3n) is 4.17. The van der Waals surface area contributed by atoms with Crippen LogP contribution in [0.3, 0.4) is 0 Å². The number of ether oxygens (including phenoxy) is 2. The highest BCUT2D eigenvalue weighted by Crippen LogP contribution is 2.31. The molecule has 140 valence electrons. The normalized spacial score (nSPS) is 13.6. The molecule has 0 unspecified atom stereocenters. The summed E-state index contributed by atoms with van der Waals surface area (Å²) in [5.74, 6) is 2.21. The molecular weight excluding hydrogens is 366 g/mol. The Bertz CT molecular complexity index is 986. The Morgan fingerprint density at radius 3 is 2.74 bits per heavy atom. The summed E-state index contributed by atoms with van der Waals surface area (Å²) < 4.78 is 12.3. The second kappa shape index (κ2) is 7.43. The van der Waals surface area contributed by atoms with Crippen molar-refractivity contribution in [2.75, 3.05) is 20.0 Å². The fraction of sp³-hybridized carbons (Fsp3) is 0.333. The topological polar surface area (TPSA) is 90.6 Å². The fourth-order valence-electron chi connectivity index (χ4n) is 2.64. The summed E-state index contributed by atoms with van der Waals surface area (Å²) in [4.78, 5) is 11.9. The molecule has 0 bridgehead atoms. The summed E-state index contributed by atoms with van der Waals surface area (Å²) in [6.45, 7) is 0. The molecule has 1 fully saturated rings. The number of methoxy groups -OCH3 is 2. The summed E-state index contributed by atoms with van der Waals surface area (Å²) in [7, 11) is 3.18. The van der Waals surface area contributed by atoms with Crippen LogP contribution in [0.4, 0.5) is 0 Å². The van der Waals surface area contributed by atoms with Crippen LogP contribution >= 0.6 is 11.8 Å². The zero-order valence-electron chi connectivity index (χ0n) is 15.0. The van der Waals surface area contributed by atoms with Crippen molar-refractivity contribution in [3.8, 4) is 22.9 Å². The van der Waals surface area contributed by atoms with Crippen molar-refractivity contribution in [3.63, 3.8) is 0 Å². The van der Waals surface area contributed by atoms with Crippen LogP contribution in [0.25, 0.3) is 17.0 Å². The van der Waals surface area contributed by atoms with E-state index in [0.29, 0.717) is 34.8 Å². The number of nitrogens with one attached hydrogen (secondary N) is 1. The van der Waals surface area contributed by atoms with E-state index in [0.717, 1.165) is 23.4 Å². The average molecular weight is 385 g/mol. The van der Waals surface area contributed by atoms with Crippen LogP contribution in [0.15, 0.2) is 35.4 Å². The molecule has 2 heterocycles. The highest BCUT2D eigenvalue weighted by atomic mass is 32.2. The molecular formula is C18H19N5O3S. The van der Waals surface area contributed by atoms with Gasteiger partial charge in [-0.1, -0.05) is 11.8 Å². The quantitative estimate of drug-likeness (QED) is 0.623. The summed E-state index contributed by atoms with van der Waals surface area (Å²) >= 11 is 1.39. The Kier molecular flexibility index (Phi) is 4.85. The molecule has 1 saturated carbocycles. The van der Waals surface area contributed by atoms with Crippen LogP contribution in [0.5, 0.6) is 11.5 Å². The minimum absolute atomic E-state index is 0.0354. The molecule has 9 heteroatoms. The molecule has 0 saturated heterocycles. The van der Waals surface area contributed by atoms with Gasteiger partial charge in [0.2, 0.25) is 5.91 Å². The Balaban J connectivity index is 1.59. The molecule has 4 rings (SSSR count). The maximum absolute atomic E-state index is 11.9. The van der Waals surface area contributed by atoms with Crippen molar-refractivity contribution in [2.24, 2.45) is 0 Å². The molecule has 1 aromatic carbocycles. The number of hydrogen-bond acceptors (Lipinski definition) is 7. The number of nitrogens with zero attached hydrogens (tertiary/aromatic N) is 4. The van der Waals surface area contributed by atoms with E-state index >= 15 is 0 Å². The second-order valence-electron chi connectivity index (χ2n) is 6.17. The zero-order valence-corrected chi connectivity index (χ0v) is 15.8. The first-order valence-electron chi connectivity index (χ1n) is 8.55. The lowest BCUT2D eigenvalue weighted by Gasteiger charge is -2.09. The lowest BCUT2D eigenvalue weighted by molar-refractivity contribution is -0.118. The fourth-order valence-corrected chi connectivity index (χ4v) is 3.31. The molecule has 2 aromatic heterocycles. The van der Waals surface area contributed by atoms with Crippen molar-refractivity contribution < 1.29 is 14.3 Å². The molecule has 0 atom stereocenters. The maximum Gasteiger partial charge on any atom is 0.230 e. The largest absolute Gasteiger partial charge is 0.493 e. The van der Waals surface area contributed by atoms with Gasteiger partial charge in [0.1, 0.15) is 5.03 Å². The minimum atomic E-state index is 0.0354. The predicted octanol–water partition coefficient (Wildman–Crippen LogP) is 2.18. The molecule has 0 spiro atoms. The SMILES string of the molecule is COc1ccc(-c2nnc3ccc(SCC(=O)NC4CC4)nn23)cc1OC. The zero-order chi connectivity index (χ0) is 18.8. The van der Waals surface area contributed by atoms with Gasteiger partial charge in [0.25, 0.3) is 0 Å². The average Bonchev–Trinajstić information content (AvgIpc) is 3.41. The summed E-state index contributed by atoms with van der Waals surface area (Å²) in [5.41, 5.74) is 1.44. The number of thioether (sulfide) groups is 1. The number of aromatic nitrogens is 4. The Morgan fingerprint density at radius 1 is 1.19 bits per heavy atom. The van der Waals surface area contributed by atoms with Crippen molar-refractivity contribution in [2.45, 2.75) is 23.9 Å². The molecule has 8 nitrogen and oxygen atoms in total. The van der Waals surface area contributed by atoms with E-state index < -0.39 is 0 Å². The smallest absolute Gasteiger partial charge is 0.230 e. The summed E-state index contributed by atoms with van der Waals surface area (Å²) in [6.07, 6.45) is 2.16. The van der Waals surface area contributed by atoms with Gasteiger partial charge >= 0.3 is 0 Å². The van der Waals surface area contributed by atoms with Gasteiger partial charge in [-0.2, -0.15) is 9.61 Å². The standard InChI is InChI=1S/C18H19N5O3S/c1-25-13-6-3-11(9-14(13)26-2)18-21-20-15-7-8-17(22-23(15)18)27-10-16(24)19-12-4-5-12/h3,6-9,12H,4-5,10H2,1-2H3,(H,19,24). The van der Waals surface area contributed by atoms with Crippen LogP contribution in [-0.4, -0.2) is 51.7 Å². The number of fused-ring (bicyclic) bond motifs is 1. The van der Waals surface area contributed by atoms with Crippen molar-refractivity contribution in [3.05, 3.63) is 30.3 Å². The van der Waals surface area contributed by atoms with Gasteiger partial charge in [0, 0.05) is 11.6 Å². The Hall–Kier alpha value is -2.81. The molecule has 0 radical (unpaired) electrons. The van der Waals surface area contributed by atoms with Gasteiger partial charge in [0.15, 0.2) is 23.0 Å². The van der Waals surface area contributed by atoms with E-state index in [9.17, 15) is 4.79 Å². The van der Waals surface area contributed by atoms with Gasteiger partial charge in [-0.25, -0.2) is 0 Å². The van der Waals surface area contributed by atoms with Gasteiger partial charge in [-0.3, -0.25) is 4.79 Å². The molecule has 3 aromatic rings. The van der Waals surface area contributed by atoms with E-state index in [1.165, 1.54) is 11.8 Å². The third kappa shape index (κ3) is 3.82. The first kappa shape index (κ1) is 17.6. The van der Waals surface area contributed by atoms with E-state index in [1.807, 2.05) is 30.3 Å². The van der Waals surface area contributed by atoms with Gasteiger partial charge in [0.05, 0.1) is 20.0 Å². The minimum Gasteiger partial charge on any atom is -0.493 e. The summed E-state index contributed by atoms with van der Waals surface area (Å²) in [6, 6.07) is 9.57. The number of carbonyl (C=O) groups excluding carboxylic acids is 1. The van der Waals surface area contributed by atoms with Crippen LogP contribution < -0.4 is 14.8 Å². The highest BCUT2D eigenvalue weighted by Gasteiger charge is 2.23. The Labute approximate surface area is 160 Å². The van der Waals surface area contributed by atoms with Crippen LogP contribution in [-0.2, 0) is 4.79 Å². The van der Waals surface area contributed by atoms with Crippen molar-refractivity contribution >= 4 is 23.3 Å². The van der Waals surface area contributed by atoms with Crippen LogP contribution in [0, 0.1) is 0 Å². The first-order chi connectivity index (χ1) is 13.2. The third-order valence-corrected chi connectivity index (χ3v) is 5.09. The van der Waals surface area contributed by atoms with Crippen LogP contribution in [0.2, 0.25) is 0 Å². The number of hydrogen-bond donors (Lipinski definition) is 1. The molecule has 1 aliphatic carbocycles. The van der Waals surface area contributed by atoms with E-state index in [4.69, 9.17) is 9.47 Å². The highest BCUT2D eigenvalue weighted by molar-refractivity contribution is 7.99. The molecule has 1 aliphatic rings.